The molecule has 0 saturated heterocycles. The normalized spacial score (nSPS) is 17.8. The minimum absolute atomic E-state index is 0.118. The van der Waals surface area contributed by atoms with E-state index in [9.17, 15) is 0 Å². The predicted octanol–water partition coefficient (Wildman–Crippen LogP) is 12.9. The fourth-order valence-corrected chi connectivity index (χ4v) is 9.19. The van der Waals surface area contributed by atoms with Crippen molar-refractivity contribution in [3.8, 4) is 0 Å². The topological polar surface area (TPSA) is 15.3 Å². The van der Waals surface area contributed by atoms with E-state index in [-0.39, 0.29) is 10.8 Å². The second-order valence-corrected chi connectivity index (χ2v) is 15.8. The van der Waals surface area contributed by atoms with E-state index in [4.69, 9.17) is 0 Å². The van der Waals surface area contributed by atoms with Crippen molar-refractivity contribution in [1.82, 2.24) is 0 Å². The number of anilines is 2. The first kappa shape index (κ1) is 33.8. The van der Waals surface area contributed by atoms with Crippen LogP contribution < -0.4 is 10.2 Å². The molecule has 0 radical (unpaired) electrons. The van der Waals surface area contributed by atoms with Gasteiger partial charge in [-0.2, -0.15) is 0 Å². The number of rotatable bonds is 8. The Balaban J connectivity index is 1.28. The fraction of sp³-hybridized carbons (Fsp3) is 0.234. The molecule has 5 aromatic rings. The molecule has 0 bridgehead atoms. The highest BCUT2D eigenvalue weighted by molar-refractivity contribution is 8.03. The van der Waals surface area contributed by atoms with Gasteiger partial charge in [-0.25, -0.2) is 0 Å². The minimum atomic E-state index is -0.279. The van der Waals surface area contributed by atoms with Gasteiger partial charge in [0.15, 0.2) is 0 Å². The quantitative estimate of drug-likeness (QED) is 0.165. The number of likely N-dealkylation sites (N-methyl/N-ethyl adjacent to an activating group) is 1. The maximum absolute atomic E-state index is 4.68. The van der Waals surface area contributed by atoms with Gasteiger partial charge in [0.2, 0.25) is 0 Å². The molecule has 0 amide bonds. The van der Waals surface area contributed by atoms with Crippen molar-refractivity contribution < 1.29 is 0 Å². The number of thioether (sulfide) groups is 1. The number of fused-ring (bicyclic) bond motifs is 4. The number of hydrogen-bond acceptors (Lipinski definition) is 3. The Hall–Kier alpha value is -4.73. The molecule has 0 aromatic heterocycles. The van der Waals surface area contributed by atoms with Gasteiger partial charge in [-0.15, -0.1) is 0 Å². The zero-order chi connectivity index (χ0) is 35.0. The predicted molar refractivity (Wildman–Crippen MR) is 220 cm³/mol. The lowest BCUT2D eigenvalue weighted by atomic mass is 9.75. The minimum Gasteiger partial charge on any atom is -0.388 e. The van der Waals surface area contributed by atoms with Crippen molar-refractivity contribution in [2.45, 2.75) is 62.7 Å². The number of nitrogens with one attached hydrogen (secondary N) is 1. The highest BCUT2D eigenvalue weighted by atomic mass is 32.2. The van der Waals surface area contributed by atoms with Crippen molar-refractivity contribution in [2.24, 2.45) is 0 Å². The fourth-order valence-electron chi connectivity index (χ4n) is 8.05. The second-order valence-electron chi connectivity index (χ2n) is 14.7. The van der Waals surface area contributed by atoms with Crippen LogP contribution in [0.2, 0.25) is 0 Å². The average Bonchev–Trinajstić information content (AvgIpc) is 3.33. The molecule has 1 heterocycles. The monoisotopic (exact) mass is 672 g/mol. The van der Waals surface area contributed by atoms with E-state index in [2.05, 4.69) is 179 Å². The molecule has 0 atom stereocenters. The van der Waals surface area contributed by atoms with Gasteiger partial charge in [0, 0.05) is 51.8 Å². The third-order valence-electron chi connectivity index (χ3n) is 10.9. The van der Waals surface area contributed by atoms with Gasteiger partial charge in [-0.1, -0.05) is 143 Å². The summed E-state index contributed by atoms with van der Waals surface area (Å²) in [4.78, 5) is 5.03. The molecule has 7 rings (SSSR count). The molecular formula is C47H48N2S. The van der Waals surface area contributed by atoms with Crippen molar-refractivity contribution in [1.29, 1.82) is 0 Å². The third kappa shape index (κ3) is 6.03. The van der Waals surface area contributed by atoms with E-state index in [1.807, 2.05) is 18.8 Å². The number of benzene rings is 5. The van der Waals surface area contributed by atoms with Crippen LogP contribution in [-0.2, 0) is 10.8 Å². The first-order chi connectivity index (χ1) is 24.1. The first-order valence-corrected chi connectivity index (χ1v) is 18.6. The van der Waals surface area contributed by atoms with Gasteiger partial charge in [0.1, 0.15) is 0 Å². The van der Waals surface area contributed by atoms with Crippen LogP contribution in [0.1, 0.15) is 58.1 Å². The lowest BCUT2D eigenvalue weighted by Gasteiger charge is -2.30. The number of hydrogen-bond donors (Lipinski definition) is 1. The van der Waals surface area contributed by atoms with Crippen molar-refractivity contribution >= 4 is 44.7 Å². The Bertz CT molecular complexity index is 2230. The summed E-state index contributed by atoms with van der Waals surface area (Å²) in [5.74, 6) is 0. The Kier molecular flexibility index (Phi) is 9.13. The van der Waals surface area contributed by atoms with E-state index in [0.717, 1.165) is 30.5 Å². The van der Waals surface area contributed by atoms with Crippen LogP contribution in [0.15, 0.2) is 166 Å². The van der Waals surface area contributed by atoms with E-state index >= 15 is 0 Å². The Morgan fingerprint density at radius 2 is 1.48 bits per heavy atom. The average molecular weight is 673 g/mol. The highest BCUT2D eigenvalue weighted by Gasteiger charge is 2.39. The molecule has 0 saturated carbocycles. The van der Waals surface area contributed by atoms with Crippen LogP contribution in [-0.4, -0.2) is 14.1 Å². The Morgan fingerprint density at radius 1 is 0.820 bits per heavy atom. The van der Waals surface area contributed by atoms with Gasteiger partial charge in [0.25, 0.3) is 0 Å². The molecule has 0 spiro atoms. The van der Waals surface area contributed by atoms with E-state index in [1.54, 1.807) is 0 Å². The molecule has 252 valence electrons. The van der Waals surface area contributed by atoms with Gasteiger partial charge >= 0.3 is 0 Å². The van der Waals surface area contributed by atoms with E-state index in [1.165, 1.54) is 65.0 Å². The lowest BCUT2D eigenvalue weighted by Crippen LogP contribution is -2.22. The summed E-state index contributed by atoms with van der Waals surface area (Å²) in [6, 6.07) is 37.2. The third-order valence-corrected chi connectivity index (χ3v) is 12.1. The second kappa shape index (κ2) is 13.5. The summed E-state index contributed by atoms with van der Waals surface area (Å²) in [6.07, 6.45) is 12.7. The molecule has 0 fully saturated rings. The largest absolute Gasteiger partial charge is 0.388 e. The Labute approximate surface area is 303 Å². The zero-order valence-corrected chi connectivity index (χ0v) is 31.1. The van der Waals surface area contributed by atoms with Crippen LogP contribution in [0, 0.1) is 0 Å². The van der Waals surface area contributed by atoms with Crippen molar-refractivity contribution in [3.05, 3.63) is 172 Å². The molecular weight excluding hydrogens is 625 g/mol. The summed E-state index contributed by atoms with van der Waals surface area (Å²) < 4.78 is 0. The molecule has 2 aliphatic rings. The first-order valence-electron chi connectivity index (χ1n) is 17.8. The molecule has 50 heavy (non-hydrogen) atoms. The van der Waals surface area contributed by atoms with Crippen LogP contribution >= 0.6 is 11.8 Å². The summed E-state index contributed by atoms with van der Waals surface area (Å²) in [5, 5.41) is 8.62. The smallest absolute Gasteiger partial charge is 0.0454 e. The molecule has 1 aliphatic heterocycles. The molecule has 1 aliphatic carbocycles. The highest BCUT2D eigenvalue weighted by Crippen LogP contribution is 2.50. The summed E-state index contributed by atoms with van der Waals surface area (Å²) in [7, 11) is 4.23. The van der Waals surface area contributed by atoms with Gasteiger partial charge in [-0.3, -0.25) is 0 Å². The molecule has 2 nitrogen and oxygen atoms in total. The summed E-state index contributed by atoms with van der Waals surface area (Å²) >= 11 is 1.89. The molecule has 5 aromatic carbocycles. The SMILES string of the molecule is C=C(/C=C/C1=C(Sc2ccccc2)C(=C/C=C2/N(C)c3ccc4ccccc4c3C2(C)C)/CCC1)C(C)(C)c1c(NC)ccc2ccccc12. The summed E-state index contributed by atoms with van der Waals surface area (Å²) in [5.41, 5.74) is 9.96. The lowest BCUT2D eigenvalue weighted by molar-refractivity contribution is 0.645. The van der Waals surface area contributed by atoms with Crippen molar-refractivity contribution in [3.63, 3.8) is 0 Å². The van der Waals surface area contributed by atoms with Crippen LogP contribution in [0.25, 0.3) is 21.5 Å². The van der Waals surface area contributed by atoms with Gasteiger partial charge in [0.05, 0.1) is 0 Å². The van der Waals surface area contributed by atoms with E-state index < -0.39 is 0 Å². The van der Waals surface area contributed by atoms with Crippen LogP contribution in [0.4, 0.5) is 11.4 Å². The zero-order valence-electron chi connectivity index (χ0n) is 30.3. The standard InChI is InChI=1S/C47H48N2S/c1-32(46(2,3)43-38-22-13-11-16-33(38)26-29-40(43)48-6)24-25-35-18-15-19-36(45(35)50-37-20-9-8-10-21-37)28-31-42-47(4,5)44-39-23-14-12-17-34(39)27-30-41(44)49(42)7/h8-14,16-17,20-31,48H,1,15,18-19H2,2-7H3/b25-24+,36-28+,42-31+. The van der Waals surface area contributed by atoms with Gasteiger partial charge in [-0.05, 0) is 99.0 Å². The molecule has 0 unspecified atom stereocenters. The van der Waals surface area contributed by atoms with Crippen molar-refractivity contribution in [2.75, 3.05) is 24.3 Å². The maximum atomic E-state index is 4.68. The number of allylic oxidation sites excluding steroid dienone is 8. The van der Waals surface area contributed by atoms with Gasteiger partial charge < -0.3 is 10.2 Å². The molecule has 1 N–H and O–H groups in total. The number of nitrogens with zero attached hydrogens (tertiary/aromatic N) is 1. The summed E-state index contributed by atoms with van der Waals surface area (Å²) in [6.45, 7) is 14.0. The van der Waals surface area contributed by atoms with Crippen LogP contribution in [0.3, 0.4) is 0 Å². The molecule has 3 heteroatoms. The van der Waals surface area contributed by atoms with E-state index in [0.29, 0.717) is 0 Å². The maximum Gasteiger partial charge on any atom is 0.0454 e. The van der Waals surface area contributed by atoms with Crippen LogP contribution in [0.5, 0.6) is 0 Å². The Morgan fingerprint density at radius 3 is 2.22 bits per heavy atom.